The summed E-state index contributed by atoms with van der Waals surface area (Å²) in [5, 5.41) is 2.73. The van der Waals surface area contributed by atoms with Crippen molar-refractivity contribution in [2.75, 3.05) is 13.1 Å². The van der Waals surface area contributed by atoms with E-state index in [4.69, 9.17) is 5.73 Å². The number of amides is 1. The number of nitrogens with one attached hydrogen (secondary N) is 1. The van der Waals surface area contributed by atoms with Crippen LogP contribution in [0.4, 0.5) is 4.39 Å². The predicted molar refractivity (Wildman–Crippen MR) is 59.5 cm³/mol. The monoisotopic (exact) mass is 222 g/mol. The maximum atomic E-state index is 13.3. The molecule has 1 amide bonds. The maximum absolute atomic E-state index is 13.3. The van der Waals surface area contributed by atoms with E-state index >= 15 is 0 Å². The molecule has 1 fully saturated rings. The Morgan fingerprint density at radius 2 is 2.12 bits per heavy atom. The lowest BCUT2D eigenvalue weighted by molar-refractivity contribution is 0.0941. The lowest BCUT2D eigenvalue weighted by Crippen LogP contribution is -2.34. The van der Waals surface area contributed by atoms with E-state index in [0.717, 1.165) is 12.8 Å². The van der Waals surface area contributed by atoms with E-state index in [9.17, 15) is 9.18 Å². The zero-order chi connectivity index (χ0) is 11.6. The van der Waals surface area contributed by atoms with Crippen LogP contribution in [0.1, 0.15) is 23.2 Å². The van der Waals surface area contributed by atoms with Gasteiger partial charge >= 0.3 is 0 Å². The van der Waals surface area contributed by atoms with Gasteiger partial charge in [0.15, 0.2) is 0 Å². The Balaban J connectivity index is 1.96. The molecule has 0 aromatic heterocycles. The van der Waals surface area contributed by atoms with E-state index < -0.39 is 5.82 Å². The van der Waals surface area contributed by atoms with Crippen molar-refractivity contribution in [1.29, 1.82) is 0 Å². The van der Waals surface area contributed by atoms with Crippen molar-refractivity contribution in [3.63, 3.8) is 0 Å². The summed E-state index contributed by atoms with van der Waals surface area (Å²) in [6.07, 6.45) is 2.09. The third-order valence-corrected chi connectivity index (χ3v) is 3.13. The third-order valence-electron chi connectivity index (χ3n) is 3.13. The van der Waals surface area contributed by atoms with Crippen LogP contribution in [0.3, 0.4) is 0 Å². The van der Waals surface area contributed by atoms with Crippen molar-refractivity contribution in [2.45, 2.75) is 12.8 Å². The molecule has 1 saturated carbocycles. The summed E-state index contributed by atoms with van der Waals surface area (Å²) in [6.45, 7) is 1.11. The molecule has 0 bridgehead atoms. The standard InChI is InChI=1S/C12H15FN2O/c13-10-4-2-1-3-9(10)11(16)15-8-12(7-14)5-6-12/h1-4H,5-8,14H2,(H,15,16). The molecule has 3 nitrogen and oxygen atoms in total. The Bertz CT molecular complexity index is 402. The minimum absolute atomic E-state index is 0.0704. The second-order valence-electron chi connectivity index (χ2n) is 4.37. The van der Waals surface area contributed by atoms with Gasteiger partial charge in [-0.25, -0.2) is 4.39 Å². The van der Waals surface area contributed by atoms with Gasteiger partial charge in [-0.3, -0.25) is 4.79 Å². The molecular formula is C12H15FN2O. The number of halogens is 1. The quantitative estimate of drug-likeness (QED) is 0.806. The molecule has 0 heterocycles. The van der Waals surface area contributed by atoms with E-state index in [1.54, 1.807) is 12.1 Å². The average molecular weight is 222 g/mol. The zero-order valence-electron chi connectivity index (χ0n) is 9.00. The molecule has 1 aromatic carbocycles. The van der Waals surface area contributed by atoms with Crippen LogP contribution < -0.4 is 11.1 Å². The molecule has 16 heavy (non-hydrogen) atoms. The average Bonchev–Trinajstić information content (AvgIpc) is 3.07. The number of rotatable bonds is 4. The van der Waals surface area contributed by atoms with Crippen LogP contribution in [-0.4, -0.2) is 19.0 Å². The largest absolute Gasteiger partial charge is 0.351 e. The Labute approximate surface area is 93.8 Å². The fourth-order valence-electron chi connectivity index (χ4n) is 1.64. The van der Waals surface area contributed by atoms with Gasteiger partial charge in [0.2, 0.25) is 0 Å². The van der Waals surface area contributed by atoms with Gasteiger partial charge in [0, 0.05) is 12.0 Å². The summed E-state index contributed by atoms with van der Waals surface area (Å²) < 4.78 is 13.3. The number of nitrogens with two attached hydrogens (primary N) is 1. The predicted octanol–water partition coefficient (Wildman–Crippen LogP) is 1.29. The maximum Gasteiger partial charge on any atom is 0.254 e. The van der Waals surface area contributed by atoms with Crippen LogP contribution in [0.25, 0.3) is 0 Å². The minimum Gasteiger partial charge on any atom is -0.351 e. The highest BCUT2D eigenvalue weighted by atomic mass is 19.1. The summed E-state index contributed by atoms with van der Waals surface area (Å²) in [5.41, 5.74) is 5.76. The van der Waals surface area contributed by atoms with Gasteiger partial charge in [-0.15, -0.1) is 0 Å². The Morgan fingerprint density at radius 1 is 1.44 bits per heavy atom. The Morgan fingerprint density at radius 3 is 2.69 bits per heavy atom. The van der Waals surface area contributed by atoms with Crippen LogP contribution in [0.2, 0.25) is 0 Å². The molecule has 4 heteroatoms. The van der Waals surface area contributed by atoms with E-state index in [-0.39, 0.29) is 16.9 Å². The van der Waals surface area contributed by atoms with Crippen molar-refractivity contribution >= 4 is 5.91 Å². The summed E-state index contributed by atoms with van der Waals surface area (Å²) in [6, 6.07) is 5.97. The molecule has 1 aromatic rings. The van der Waals surface area contributed by atoms with Gasteiger partial charge in [0.25, 0.3) is 5.91 Å². The van der Waals surface area contributed by atoms with Gasteiger partial charge < -0.3 is 11.1 Å². The number of hydrogen-bond acceptors (Lipinski definition) is 2. The van der Waals surface area contributed by atoms with Crippen molar-refractivity contribution in [2.24, 2.45) is 11.1 Å². The first-order valence-corrected chi connectivity index (χ1v) is 5.40. The molecule has 0 aliphatic heterocycles. The van der Waals surface area contributed by atoms with Crippen LogP contribution in [0.15, 0.2) is 24.3 Å². The highest BCUT2D eigenvalue weighted by Gasteiger charge is 2.41. The molecular weight excluding hydrogens is 207 g/mol. The topological polar surface area (TPSA) is 55.1 Å². The van der Waals surface area contributed by atoms with Gasteiger partial charge in [-0.2, -0.15) is 0 Å². The highest BCUT2D eigenvalue weighted by Crippen LogP contribution is 2.43. The molecule has 2 rings (SSSR count). The number of carbonyl (C=O) groups is 1. The highest BCUT2D eigenvalue weighted by molar-refractivity contribution is 5.94. The Hall–Kier alpha value is -1.42. The molecule has 3 N–H and O–H groups in total. The van der Waals surface area contributed by atoms with Gasteiger partial charge in [0.1, 0.15) is 5.82 Å². The minimum atomic E-state index is -0.488. The van der Waals surface area contributed by atoms with Crippen LogP contribution in [0, 0.1) is 11.2 Å². The van der Waals surface area contributed by atoms with Gasteiger partial charge in [-0.1, -0.05) is 12.1 Å². The van der Waals surface area contributed by atoms with Crippen molar-refractivity contribution < 1.29 is 9.18 Å². The fourth-order valence-corrected chi connectivity index (χ4v) is 1.64. The van der Waals surface area contributed by atoms with E-state index in [2.05, 4.69) is 5.32 Å². The first-order valence-electron chi connectivity index (χ1n) is 5.40. The van der Waals surface area contributed by atoms with E-state index in [0.29, 0.717) is 13.1 Å². The molecule has 1 aliphatic carbocycles. The number of benzene rings is 1. The fraction of sp³-hybridized carbons (Fsp3) is 0.417. The SMILES string of the molecule is NCC1(CNC(=O)c2ccccc2F)CC1. The van der Waals surface area contributed by atoms with Gasteiger partial charge in [-0.05, 0) is 31.5 Å². The van der Waals surface area contributed by atoms with Crippen molar-refractivity contribution in [3.05, 3.63) is 35.6 Å². The summed E-state index contributed by atoms with van der Waals surface area (Å²) >= 11 is 0. The smallest absolute Gasteiger partial charge is 0.254 e. The number of hydrogen-bond donors (Lipinski definition) is 2. The first-order chi connectivity index (χ1) is 7.67. The normalized spacial score (nSPS) is 16.9. The van der Waals surface area contributed by atoms with E-state index in [1.807, 2.05) is 0 Å². The zero-order valence-corrected chi connectivity index (χ0v) is 9.00. The van der Waals surface area contributed by atoms with Crippen molar-refractivity contribution in [3.8, 4) is 0 Å². The van der Waals surface area contributed by atoms with Crippen LogP contribution in [-0.2, 0) is 0 Å². The lowest BCUT2D eigenvalue weighted by atomic mass is 10.1. The number of carbonyl (C=O) groups excluding carboxylic acids is 1. The third kappa shape index (κ3) is 2.22. The second-order valence-corrected chi connectivity index (χ2v) is 4.37. The first kappa shape index (κ1) is 11.1. The summed E-state index contributed by atoms with van der Waals surface area (Å²) in [4.78, 5) is 11.7. The summed E-state index contributed by atoms with van der Waals surface area (Å²) in [7, 11) is 0. The van der Waals surface area contributed by atoms with Crippen molar-refractivity contribution in [1.82, 2.24) is 5.32 Å². The Kier molecular flexibility index (Phi) is 2.92. The molecule has 0 spiro atoms. The van der Waals surface area contributed by atoms with E-state index in [1.165, 1.54) is 12.1 Å². The molecule has 0 unspecified atom stereocenters. The van der Waals surface area contributed by atoms with Gasteiger partial charge in [0.05, 0.1) is 5.56 Å². The molecule has 1 aliphatic rings. The molecule has 86 valence electrons. The van der Waals surface area contributed by atoms with Crippen LogP contribution in [0.5, 0.6) is 0 Å². The molecule has 0 radical (unpaired) electrons. The molecule has 0 saturated heterocycles. The van der Waals surface area contributed by atoms with Crippen LogP contribution >= 0.6 is 0 Å². The lowest BCUT2D eigenvalue weighted by Gasteiger charge is -2.13. The molecule has 0 atom stereocenters. The summed E-state index contributed by atoms with van der Waals surface area (Å²) in [5.74, 6) is -0.851. The second kappa shape index (κ2) is 4.22.